The second kappa shape index (κ2) is 9.79. The lowest BCUT2D eigenvalue weighted by Crippen LogP contribution is -2.46. The number of hydrogen-bond donors (Lipinski definition) is 0. The Bertz CT molecular complexity index is 1310. The van der Waals surface area contributed by atoms with E-state index in [0.717, 1.165) is 48.8 Å². The first-order chi connectivity index (χ1) is 17.9. The minimum atomic E-state index is -0.667. The molecule has 194 valence electrons. The number of pyridine rings is 1. The third-order valence-corrected chi connectivity index (χ3v) is 8.19. The van der Waals surface area contributed by atoms with Crippen LogP contribution in [0.3, 0.4) is 0 Å². The van der Waals surface area contributed by atoms with E-state index in [9.17, 15) is 13.6 Å². The van der Waals surface area contributed by atoms with E-state index < -0.39 is 17.6 Å². The highest BCUT2D eigenvalue weighted by molar-refractivity contribution is 9.10. The van der Waals surface area contributed by atoms with Gasteiger partial charge in [-0.25, -0.2) is 18.6 Å². The van der Waals surface area contributed by atoms with Crippen molar-refractivity contribution >= 4 is 27.7 Å². The highest BCUT2D eigenvalue weighted by Gasteiger charge is 2.43. The molecule has 3 aliphatic rings. The molecule has 2 bridgehead atoms. The number of carbonyl (C=O) groups excluding carboxylic acids is 1. The van der Waals surface area contributed by atoms with Gasteiger partial charge in [-0.1, -0.05) is 11.2 Å². The van der Waals surface area contributed by atoms with Gasteiger partial charge in [-0.3, -0.25) is 0 Å². The highest BCUT2D eigenvalue weighted by Crippen LogP contribution is 2.46. The standard InChI is InChI=1S/C27H26BrF2N3O4/c1-35-27(34)15-9-20(28)26(31-12-15)33-16-7-8-17(33)11-18(10-16)36-13-19-24(32-37-25(19)14-5-6-14)23-21(29)3-2-4-22(23)30/h2-4,9,12,14,16-18H,5-8,10-11,13H2,1H3/t16-,17+,18+. The first kappa shape index (κ1) is 24.5. The third-order valence-electron chi connectivity index (χ3n) is 7.61. The van der Waals surface area contributed by atoms with Gasteiger partial charge >= 0.3 is 5.97 Å². The number of halogens is 3. The second-order valence-electron chi connectivity index (χ2n) is 9.96. The summed E-state index contributed by atoms with van der Waals surface area (Å²) in [5, 5.41) is 4.07. The fourth-order valence-corrected chi connectivity index (χ4v) is 6.26. The van der Waals surface area contributed by atoms with Gasteiger partial charge in [-0.2, -0.15) is 0 Å². The lowest BCUT2D eigenvalue weighted by molar-refractivity contribution is 0.0145. The number of piperidine rings is 1. The summed E-state index contributed by atoms with van der Waals surface area (Å²) in [6, 6.07) is 6.02. The number of ether oxygens (including phenoxy) is 2. The van der Waals surface area contributed by atoms with Crippen molar-refractivity contribution in [3.63, 3.8) is 0 Å². The number of benzene rings is 1. The highest BCUT2D eigenvalue weighted by atomic mass is 79.9. The molecule has 3 fully saturated rings. The van der Waals surface area contributed by atoms with Gasteiger partial charge in [0.05, 0.1) is 35.4 Å². The predicted octanol–water partition coefficient (Wildman–Crippen LogP) is 6.16. The monoisotopic (exact) mass is 573 g/mol. The Balaban J connectivity index is 1.19. The zero-order valence-electron chi connectivity index (χ0n) is 20.3. The zero-order valence-corrected chi connectivity index (χ0v) is 21.8. The number of esters is 1. The molecular weight excluding hydrogens is 548 g/mol. The molecule has 37 heavy (non-hydrogen) atoms. The minimum Gasteiger partial charge on any atom is -0.465 e. The Morgan fingerprint density at radius 1 is 1.16 bits per heavy atom. The predicted molar refractivity (Wildman–Crippen MR) is 134 cm³/mol. The molecular formula is C27H26BrF2N3O4. The Hall–Kier alpha value is -2.85. The maximum atomic E-state index is 14.6. The normalized spacial score (nSPS) is 22.9. The molecule has 0 N–H and O–H groups in total. The van der Waals surface area contributed by atoms with Crippen molar-refractivity contribution in [2.75, 3.05) is 12.0 Å². The summed E-state index contributed by atoms with van der Waals surface area (Å²) in [6.07, 6.45) is 7.12. The van der Waals surface area contributed by atoms with Crippen molar-refractivity contribution in [3.05, 3.63) is 63.5 Å². The van der Waals surface area contributed by atoms with E-state index in [2.05, 4.69) is 31.0 Å². The summed E-state index contributed by atoms with van der Waals surface area (Å²) in [7, 11) is 1.35. The van der Waals surface area contributed by atoms with Crippen LogP contribution in [0.5, 0.6) is 0 Å². The lowest BCUT2D eigenvalue weighted by Gasteiger charge is -2.40. The number of fused-ring (bicyclic) bond motifs is 2. The maximum absolute atomic E-state index is 14.6. The number of carbonyl (C=O) groups is 1. The summed E-state index contributed by atoms with van der Waals surface area (Å²) in [5.41, 5.74) is 1.06. The van der Waals surface area contributed by atoms with E-state index in [1.54, 1.807) is 12.3 Å². The average Bonchev–Trinajstić information content (AvgIpc) is 3.60. The number of rotatable bonds is 7. The summed E-state index contributed by atoms with van der Waals surface area (Å²) in [6.45, 7) is 0.193. The summed E-state index contributed by atoms with van der Waals surface area (Å²) in [5.74, 6) is -0.0465. The second-order valence-corrected chi connectivity index (χ2v) is 10.8. The average molecular weight is 574 g/mol. The quantitative estimate of drug-likeness (QED) is 0.313. The number of hydrogen-bond acceptors (Lipinski definition) is 7. The van der Waals surface area contributed by atoms with Gasteiger partial charge in [0, 0.05) is 29.8 Å². The number of methoxy groups -OCH3 is 1. The van der Waals surface area contributed by atoms with Crippen LogP contribution >= 0.6 is 15.9 Å². The smallest absolute Gasteiger partial charge is 0.339 e. The van der Waals surface area contributed by atoms with Gasteiger partial charge in [0.2, 0.25) is 0 Å². The molecule has 10 heteroatoms. The van der Waals surface area contributed by atoms with Gasteiger partial charge in [0.1, 0.15) is 28.9 Å². The Morgan fingerprint density at radius 3 is 2.49 bits per heavy atom. The zero-order chi connectivity index (χ0) is 25.7. The fourth-order valence-electron chi connectivity index (χ4n) is 5.71. The molecule has 2 aliphatic heterocycles. The molecule has 1 aromatic carbocycles. The van der Waals surface area contributed by atoms with Gasteiger partial charge in [0.25, 0.3) is 0 Å². The summed E-state index contributed by atoms with van der Waals surface area (Å²) >= 11 is 3.58. The largest absolute Gasteiger partial charge is 0.465 e. The molecule has 1 aliphatic carbocycles. The molecule has 2 aromatic heterocycles. The molecule has 2 saturated heterocycles. The molecule has 0 spiro atoms. The Morgan fingerprint density at radius 2 is 1.86 bits per heavy atom. The van der Waals surface area contributed by atoms with Crippen LogP contribution in [0.2, 0.25) is 0 Å². The van der Waals surface area contributed by atoms with E-state index in [1.807, 2.05) is 0 Å². The molecule has 4 heterocycles. The van der Waals surface area contributed by atoms with Crippen molar-refractivity contribution in [2.45, 2.75) is 69.2 Å². The number of aromatic nitrogens is 2. The molecule has 3 atom stereocenters. The van der Waals surface area contributed by atoms with E-state index >= 15 is 0 Å². The molecule has 0 amide bonds. The van der Waals surface area contributed by atoms with Crippen LogP contribution in [0.25, 0.3) is 11.3 Å². The molecule has 0 unspecified atom stereocenters. The maximum Gasteiger partial charge on any atom is 0.339 e. The Kier molecular flexibility index (Phi) is 6.48. The van der Waals surface area contributed by atoms with Crippen LogP contribution in [0.4, 0.5) is 14.6 Å². The van der Waals surface area contributed by atoms with Gasteiger partial charge in [-0.05, 0) is 72.7 Å². The van der Waals surface area contributed by atoms with Crippen molar-refractivity contribution in [2.24, 2.45) is 0 Å². The summed E-state index contributed by atoms with van der Waals surface area (Å²) < 4.78 is 46.7. The fraction of sp³-hybridized carbons (Fsp3) is 0.444. The molecule has 3 aromatic rings. The van der Waals surface area contributed by atoms with Gasteiger partial charge in [0.15, 0.2) is 0 Å². The summed E-state index contributed by atoms with van der Waals surface area (Å²) in [4.78, 5) is 18.8. The van der Waals surface area contributed by atoms with Gasteiger partial charge < -0.3 is 18.9 Å². The molecule has 0 radical (unpaired) electrons. The first-order valence-electron chi connectivity index (χ1n) is 12.5. The van der Waals surface area contributed by atoms with E-state index in [4.69, 9.17) is 14.0 Å². The van der Waals surface area contributed by atoms with E-state index in [0.29, 0.717) is 16.9 Å². The van der Waals surface area contributed by atoms with Crippen LogP contribution in [0.1, 0.15) is 66.1 Å². The van der Waals surface area contributed by atoms with Crippen molar-refractivity contribution < 1.29 is 27.6 Å². The van der Waals surface area contributed by atoms with Crippen LogP contribution < -0.4 is 4.90 Å². The van der Waals surface area contributed by atoms with Crippen LogP contribution in [-0.2, 0) is 16.1 Å². The molecule has 1 saturated carbocycles. The van der Waals surface area contributed by atoms with Crippen LogP contribution in [0, 0.1) is 11.6 Å². The van der Waals surface area contributed by atoms with Crippen molar-refractivity contribution in [1.82, 2.24) is 10.1 Å². The van der Waals surface area contributed by atoms with Gasteiger partial charge in [-0.15, -0.1) is 0 Å². The lowest BCUT2D eigenvalue weighted by atomic mass is 9.99. The van der Waals surface area contributed by atoms with E-state index in [1.165, 1.54) is 25.3 Å². The van der Waals surface area contributed by atoms with Crippen LogP contribution in [0.15, 0.2) is 39.5 Å². The van der Waals surface area contributed by atoms with Crippen LogP contribution in [-0.4, -0.2) is 41.4 Å². The Labute approximate surface area is 221 Å². The minimum absolute atomic E-state index is 0.0119. The van der Waals surface area contributed by atoms with Crippen molar-refractivity contribution in [1.29, 1.82) is 0 Å². The number of nitrogens with zero attached hydrogens (tertiary/aromatic N) is 3. The SMILES string of the molecule is COC(=O)c1cnc(N2[C@@H]3CC[C@H]2C[C@@H](OCc2c(-c4c(F)cccc4F)noc2C2CC2)C3)c(Br)c1. The van der Waals surface area contributed by atoms with E-state index in [-0.39, 0.29) is 42.0 Å². The molecule has 7 nitrogen and oxygen atoms in total. The third kappa shape index (κ3) is 4.54. The van der Waals surface area contributed by atoms with Crippen molar-refractivity contribution in [3.8, 4) is 11.3 Å². The number of anilines is 1. The topological polar surface area (TPSA) is 77.7 Å². The molecule has 6 rings (SSSR count). The first-order valence-corrected chi connectivity index (χ1v) is 13.3.